The van der Waals surface area contributed by atoms with Crippen molar-refractivity contribution >= 4 is 29.1 Å². The SMILES string of the molecule is CC(=O)OC[P+](c1ccccc1)(c1ccccc1)c1ccccc1.CC[O-]. The normalized spacial score (nSPS) is 10.5. The molecule has 0 spiro atoms. The second kappa shape index (κ2) is 10.6. The molecule has 0 fully saturated rings. The Morgan fingerprint density at radius 3 is 1.33 bits per heavy atom. The van der Waals surface area contributed by atoms with Crippen LogP contribution in [0.3, 0.4) is 0 Å². The van der Waals surface area contributed by atoms with Crippen molar-refractivity contribution in [1.29, 1.82) is 0 Å². The summed E-state index contributed by atoms with van der Waals surface area (Å²) in [5.74, 6) is -0.248. The Morgan fingerprint density at radius 2 is 1.07 bits per heavy atom. The van der Waals surface area contributed by atoms with Crippen molar-refractivity contribution in [2.24, 2.45) is 0 Å². The van der Waals surface area contributed by atoms with Crippen LogP contribution in [0, 0.1) is 0 Å². The van der Waals surface area contributed by atoms with E-state index in [4.69, 9.17) is 9.84 Å². The first-order valence-electron chi connectivity index (χ1n) is 8.91. The van der Waals surface area contributed by atoms with Crippen LogP contribution in [0.2, 0.25) is 0 Å². The van der Waals surface area contributed by atoms with Gasteiger partial charge in [0, 0.05) is 6.92 Å². The number of rotatable bonds is 5. The van der Waals surface area contributed by atoms with Gasteiger partial charge in [0.25, 0.3) is 0 Å². The van der Waals surface area contributed by atoms with Crippen LogP contribution in [0.4, 0.5) is 0 Å². The summed E-state index contributed by atoms with van der Waals surface area (Å²) in [6.45, 7) is 3.04. The summed E-state index contributed by atoms with van der Waals surface area (Å²) in [7, 11) is -2.05. The number of carbonyl (C=O) groups excluding carboxylic acids is 1. The predicted molar refractivity (Wildman–Crippen MR) is 112 cm³/mol. The van der Waals surface area contributed by atoms with Gasteiger partial charge in [-0.25, -0.2) is 0 Å². The maximum absolute atomic E-state index is 11.6. The van der Waals surface area contributed by atoms with E-state index in [0.29, 0.717) is 6.35 Å². The molecule has 4 heteroatoms. The zero-order chi connectivity index (χ0) is 19.5. The van der Waals surface area contributed by atoms with Crippen LogP contribution in [-0.2, 0) is 9.53 Å². The number of esters is 1. The minimum Gasteiger partial charge on any atom is -0.855 e. The third-order valence-electron chi connectivity index (χ3n) is 4.05. The highest BCUT2D eigenvalue weighted by Gasteiger charge is 2.46. The molecule has 0 heterocycles. The zero-order valence-electron chi connectivity index (χ0n) is 15.7. The molecule has 0 N–H and O–H groups in total. The maximum atomic E-state index is 11.6. The number of carbonyl (C=O) groups is 1. The fourth-order valence-electron chi connectivity index (χ4n) is 2.91. The van der Waals surface area contributed by atoms with Crippen LogP contribution in [0.25, 0.3) is 0 Å². The average Bonchev–Trinajstić information content (AvgIpc) is 2.71. The van der Waals surface area contributed by atoms with Crippen LogP contribution < -0.4 is 21.0 Å². The van der Waals surface area contributed by atoms with Crippen LogP contribution in [0.15, 0.2) is 91.0 Å². The molecular formula is C23H25O3P. The largest absolute Gasteiger partial charge is 0.855 e. The Hall–Kier alpha value is -2.48. The molecule has 0 bridgehead atoms. The third kappa shape index (κ3) is 5.26. The lowest BCUT2D eigenvalue weighted by molar-refractivity contribution is -0.361. The first-order valence-corrected chi connectivity index (χ1v) is 10.9. The molecule has 3 nitrogen and oxygen atoms in total. The van der Waals surface area contributed by atoms with Crippen molar-refractivity contribution in [3.05, 3.63) is 91.0 Å². The highest BCUT2D eigenvalue weighted by molar-refractivity contribution is 7.95. The molecule has 3 aromatic rings. The van der Waals surface area contributed by atoms with Gasteiger partial charge in [0.2, 0.25) is 6.35 Å². The Kier molecular flexibility index (Phi) is 8.19. The molecule has 0 aliphatic heterocycles. The van der Waals surface area contributed by atoms with Crippen molar-refractivity contribution in [2.75, 3.05) is 13.0 Å². The van der Waals surface area contributed by atoms with Crippen molar-refractivity contribution in [1.82, 2.24) is 0 Å². The molecular weight excluding hydrogens is 355 g/mol. The van der Waals surface area contributed by atoms with Crippen LogP contribution in [-0.4, -0.2) is 18.9 Å². The summed E-state index contributed by atoms with van der Waals surface area (Å²) in [4.78, 5) is 11.6. The van der Waals surface area contributed by atoms with Gasteiger partial charge < -0.3 is 9.84 Å². The number of ether oxygens (including phenoxy) is 1. The Balaban J connectivity index is 0.000000817. The summed E-state index contributed by atoms with van der Waals surface area (Å²) < 4.78 is 5.58. The standard InChI is InChI=1S/C21H20O2P.C2H5O/c1-18(22)23-17-24(19-11-5-2-6-12-19,20-13-7-3-8-14-20)21-15-9-4-10-16-21;1-2-3/h2-16H,17H2,1H3;2H2,1H3/q+1;-1. The quantitative estimate of drug-likeness (QED) is 0.505. The highest BCUT2D eigenvalue weighted by atomic mass is 31.2. The van der Waals surface area contributed by atoms with Crippen molar-refractivity contribution in [3.8, 4) is 0 Å². The van der Waals surface area contributed by atoms with E-state index < -0.39 is 7.26 Å². The minimum atomic E-state index is -2.05. The summed E-state index contributed by atoms with van der Waals surface area (Å²) in [6, 6.07) is 31.1. The van der Waals surface area contributed by atoms with Gasteiger partial charge in [-0.05, 0) is 36.4 Å². The number of hydrogen-bond donors (Lipinski definition) is 0. The Bertz CT molecular complexity index is 708. The highest BCUT2D eigenvalue weighted by Crippen LogP contribution is 2.55. The van der Waals surface area contributed by atoms with Crippen LogP contribution >= 0.6 is 7.26 Å². The van der Waals surface area contributed by atoms with Crippen LogP contribution in [0.5, 0.6) is 0 Å². The second-order valence-corrected chi connectivity index (χ2v) is 9.30. The third-order valence-corrected chi connectivity index (χ3v) is 8.11. The molecule has 0 atom stereocenters. The second-order valence-electron chi connectivity index (χ2n) is 5.87. The molecule has 0 aliphatic rings. The molecule has 140 valence electrons. The van der Waals surface area contributed by atoms with E-state index in [1.165, 1.54) is 22.8 Å². The van der Waals surface area contributed by atoms with E-state index in [-0.39, 0.29) is 12.6 Å². The fourth-order valence-corrected chi connectivity index (χ4v) is 6.67. The molecule has 0 saturated carbocycles. The van der Waals surface area contributed by atoms with Gasteiger partial charge in [0.1, 0.15) is 15.9 Å². The Morgan fingerprint density at radius 1 is 0.778 bits per heavy atom. The van der Waals surface area contributed by atoms with Gasteiger partial charge in [0.15, 0.2) is 7.26 Å². The molecule has 3 aromatic carbocycles. The van der Waals surface area contributed by atoms with E-state index in [0.717, 1.165) is 0 Å². The lowest BCUT2D eigenvalue weighted by Gasteiger charge is -2.26. The van der Waals surface area contributed by atoms with Gasteiger partial charge in [-0.3, -0.25) is 4.79 Å². The molecule has 27 heavy (non-hydrogen) atoms. The van der Waals surface area contributed by atoms with Crippen molar-refractivity contribution in [2.45, 2.75) is 13.8 Å². The molecule has 0 amide bonds. The van der Waals surface area contributed by atoms with E-state index in [1.807, 2.05) is 54.6 Å². The van der Waals surface area contributed by atoms with Crippen molar-refractivity contribution in [3.63, 3.8) is 0 Å². The summed E-state index contributed by atoms with van der Waals surface area (Å²) in [5.41, 5.74) is 0. The summed E-state index contributed by atoms with van der Waals surface area (Å²) in [6.07, 6.45) is 0.375. The monoisotopic (exact) mass is 380 g/mol. The van der Waals surface area contributed by atoms with Gasteiger partial charge in [0.05, 0.1) is 0 Å². The van der Waals surface area contributed by atoms with E-state index in [9.17, 15) is 4.79 Å². The van der Waals surface area contributed by atoms with E-state index in [2.05, 4.69) is 36.4 Å². The van der Waals surface area contributed by atoms with Gasteiger partial charge >= 0.3 is 5.97 Å². The van der Waals surface area contributed by atoms with Crippen molar-refractivity contribution < 1.29 is 14.6 Å². The molecule has 0 aliphatic carbocycles. The molecule has 3 rings (SSSR count). The average molecular weight is 380 g/mol. The summed E-state index contributed by atoms with van der Waals surface area (Å²) in [5, 5.41) is 12.6. The lowest BCUT2D eigenvalue weighted by Crippen LogP contribution is -2.34. The van der Waals surface area contributed by atoms with Gasteiger partial charge in [-0.2, -0.15) is 0 Å². The first kappa shape index (κ1) is 20.8. The molecule has 0 radical (unpaired) electrons. The van der Waals surface area contributed by atoms with Crippen LogP contribution in [0.1, 0.15) is 13.8 Å². The fraction of sp³-hybridized carbons (Fsp3) is 0.174. The predicted octanol–water partition coefficient (Wildman–Crippen LogP) is 2.87. The summed E-state index contributed by atoms with van der Waals surface area (Å²) >= 11 is 0. The smallest absolute Gasteiger partial charge is 0.305 e. The molecule has 0 unspecified atom stereocenters. The number of benzene rings is 3. The number of hydrogen-bond acceptors (Lipinski definition) is 3. The minimum absolute atomic E-state index is 0. The topological polar surface area (TPSA) is 49.4 Å². The lowest BCUT2D eigenvalue weighted by atomic mass is 10.4. The molecule has 0 saturated heterocycles. The maximum Gasteiger partial charge on any atom is 0.305 e. The molecule has 0 aromatic heterocycles. The van der Waals surface area contributed by atoms with Gasteiger partial charge in [-0.15, -0.1) is 6.61 Å². The first-order chi connectivity index (χ1) is 13.1. The van der Waals surface area contributed by atoms with E-state index >= 15 is 0 Å². The van der Waals surface area contributed by atoms with Gasteiger partial charge in [-0.1, -0.05) is 61.5 Å². The zero-order valence-corrected chi connectivity index (χ0v) is 16.6. The van der Waals surface area contributed by atoms with E-state index in [1.54, 1.807) is 6.92 Å². The Labute approximate surface area is 162 Å².